The molecule has 0 atom stereocenters. The number of rotatable bonds is 7. The minimum absolute atomic E-state index is 0.302. The summed E-state index contributed by atoms with van der Waals surface area (Å²) in [4.78, 5) is 2.78. The van der Waals surface area contributed by atoms with Crippen molar-refractivity contribution in [3.05, 3.63) is 47.3 Å². The normalized spacial score (nSPS) is 11.8. The van der Waals surface area contributed by atoms with Crippen molar-refractivity contribution in [2.45, 2.75) is 52.1 Å². The maximum atomic E-state index is 3.77. The first-order chi connectivity index (χ1) is 9.73. The second kappa shape index (κ2) is 7.05. The number of nitrogens with one attached hydrogen (secondary N) is 1. The highest BCUT2D eigenvalue weighted by Gasteiger charge is 2.22. The fourth-order valence-electron chi connectivity index (χ4n) is 2.63. The van der Waals surface area contributed by atoms with Gasteiger partial charge < -0.3 is 5.32 Å². The Hall–Kier alpha value is -1.12. The summed E-state index contributed by atoms with van der Waals surface area (Å²) in [5, 5.41) is 3.77. The van der Waals surface area contributed by atoms with E-state index >= 15 is 0 Å². The molecule has 0 saturated carbocycles. The zero-order valence-corrected chi connectivity index (χ0v) is 13.6. The van der Waals surface area contributed by atoms with E-state index in [1.165, 1.54) is 34.6 Å². The molecule has 0 radical (unpaired) electrons. The van der Waals surface area contributed by atoms with E-state index in [1.54, 1.807) is 0 Å². The Labute approximate surface area is 127 Å². The van der Waals surface area contributed by atoms with Crippen molar-refractivity contribution < 1.29 is 0 Å². The minimum atomic E-state index is 0.302. The molecule has 0 fully saturated rings. The molecule has 0 spiro atoms. The maximum Gasteiger partial charge on any atom is 0.0346 e. The van der Waals surface area contributed by atoms with Gasteiger partial charge in [0, 0.05) is 21.8 Å². The van der Waals surface area contributed by atoms with Gasteiger partial charge in [0.05, 0.1) is 0 Å². The van der Waals surface area contributed by atoms with Gasteiger partial charge in [-0.2, -0.15) is 0 Å². The minimum Gasteiger partial charge on any atom is -0.306 e. The average molecular weight is 287 g/mol. The molecule has 0 aliphatic carbocycles. The van der Waals surface area contributed by atoms with Gasteiger partial charge in [0.25, 0.3) is 0 Å². The molecule has 0 unspecified atom stereocenters. The van der Waals surface area contributed by atoms with Crippen molar-refractivity contribution in [3.63, 3.8) is 0 Å². The fourth-order valence-corrected chi connectivity index (χ4v) is 3.58. The number of hydrogen-bond acceptors (Lipinski definition) is 2. The van der Waals surface area contributed by atoms with E-state index < -0.39 is 0 Å². The molecular weight excluding hydrogens is 262 g/mol. The largest absolute Gasteiger partial charge is 0.306 e. The smallest absolute Gasteiger partial charge is 0.0346 e. The Morgan fingerprint density at radius 2 is 1.55 bits per heavy atom. The monoisotopic (exact) mass is 287 g/mol. The van der Waals surface area contributed by atoms with Crippen LogP contribution in [0.3, 0.4) is 0 Å². The van der Waals surface area contributed by atoms with E-state index in [0.717, 1.165) is 6.54 Å². The van der Waals surface area contributed by atoms with Crippen LogP contribution in [-0.2, 0) is 6.54 Å². The molecule has 2 aromatic rings. The topological polar surface area (TPSA) is 12.0 Å². The molecule has 1 aromatic carbocycles. The summed E-state index contributed by atoms with van der Waals surface area (Å²) < 4.78 is 0. The summed E-state index contributed by atoms with van der Waals surface area (Å²) in [6, 6.07) is 15.1. The van der Waals surface area contributed by atoms with Gasteiger partial charge in [-0.15, -0.1) is 11.3 Å². The van der Waals surface area contributed by atoms with Gasteiger partial charge in [0.15, 0.2) is 0 Å². The summed E-state index contributed by atoms with van der Waals surface area (Å²) >= 11 is 1.90. The van der Waals surface area contributed by atoms with Gasteiger partial charge in [0.2, 0.25) is 0 Å². The van der Waals surface area contributed by atoms with E-state index in [9.17, 15) is 0 Å². The quantitative estimate of drug-likeness (QED) is 0.711. The van der Waals surface area contributed by atoms with Crippen LogP contribution in [0.15, 0.2) is 42.5 Å². The summed E-state index contributed by atoms with van der Waals surface area (Å²) in [5.41, 5.74) is 1.62. The van der Waals surface area contributed by atoms with Gasteiger partial charge in [-0.3, -0.25) is 0 Å². The molecule has 2 heteroatoms. The highest BCUT2D eigenvalue weighted by atomic mass is 32.1. The van der Waals surface area contributed by atoms with Crippen molar-refractivity contribution >= 4 is 11.3 Å². The van der Waals surface area contributed by atoms with Gasteiger partial charge in [-0.1, -0.05) is 51.1 Å². The molecule has 1 aromatic heterocycles. The third-order valence-corrected chi connectivity index (χ3v) is 5.52. The Morgan fingerprint density at radius 1 is 0.900 bits per heavy atom. The average Bonchev–Trinajstić information content (AvgIpc) is 2.99. The molecule has 2 rings (SSSR count). The predicted octanol–water partition coefficient (Wildman–Crippen LogP) is 5.47. The first-order valence-electron chi connectivity index (χ1n) is 7.62. The van der Waals surface area contributed by atoms with Crippen LogP contribution >= 0.6 is 11.3 Å². The SMILES string of the molecule is CCC(CC)(CC)NCc1ccc(-c2ccccc2)s1. The lowest BCUT2D eigenvalue weighted by Gasteiger charge is -2.31. The highest BCUT2D eigenvalue weighted by molar-refractivity contribution is 7.15. The van der Waals surface area contributed by atoms with Crippen LogP contribution in [0.5, 0.6) is 0 Å². The van der Waals surface area contributed by atoms with E-state index in [4.69, 9.17) is 0 Å². The van der Waals surface area contributed by atoms with E-state index in [2.05, 4.69) is 68.6 Å². The first kappa shape index (κ1) is 15.3. The third kappa shape index (κ3) is 3.50. The molecule has 108 valence electrons. The predicted molar refractivity (Wildman–Crippen MR) is 90.2 cm³/mol. The summed E-state index contributed by atoms with van der Waals surface area (Å²) in [6.45, 7) is 7.82. The Morgan fingerprint density at radius 3 is 2.15 bits per heavy atom. The first-order valence-corrected chi connectivity index (χ1v) is 8.44. The molecule has 0 bridgehead atoms. The van der Waals surface area contributed by atoms with Crippen molar-refractivity contribution in [3.8, 4) is 10.4 Å². The van der Waals surface area contributed by atoms with Gasteiger partial charge in [-0.05, 0) is 37.0 Å². The van der Waals surface area contributed by atoms with E-state index in [-0.39, 0.29) is 0 Å². The zero-order chi connectivity index (χ0) is 14.4. The van der Waals surface area contributed by atoms with Crippen LogP contribution in [-0.4, -0.2) is 5.54 Å². The Kier molecular flexibility index (Phi) is 5.38. The lowest BCUT2D eigenvalue weighted by molar-refractivity contribution is 0.289. The van der Waals surface area contributed by atoms with Gasteiger partial charge in [0.1, 0.15) is 0 Å². The van der Waals surface area contributed by atoms with Crippen LogP contribution in [0.25, 0.3) is 10.4 Å². The highest BCUT2D eigenvalue weighted by Crippen LogP contribution is 2.28. The molecule has 1 heterocycles. The second-order valence-electron chi connectivity index (χ2n) is 5.33. The number of thiophene rings is 1. The van der Waals surface area contributed by atoms with Gasteiger partial charge >= 0.3 is 0 Å². The van der Waals surface area contributed by atoms with Crippen LogP contribution in [0, 0.1) is 0 Å². The van der Waals surface area contributed by atoms with Crippen LogP contribution in [0.1, 0.15) is 44.9 Å². The molecular formula is C18H25NS. The van der Waals surface area contributed by atoms with Crippen LogP contribution < -0.4 is 5.32 Å². The number of hydrogen-bond donors (Lipinski definition) is 1. The summed E-state index contributed by atoms with van der Waals surface area (Å²) in [6.07, 6.45) is 3.57. The second-order valence-corrected chi connectivity index (χ2v) is 6.49. The fraction of sp³-hybridized carbons (Fsp3) is 0.444. The lowest BCUT2D eigenvalue weighted by Crippen LogP contribution is -2.42. The van der Waals surface area contributed by atoms with E-state index in [0.29, 0.717) is 5.54 Å². The van der Waals surface area contributed by atoms with Crippen LogP contribution in [0.2, 0.25) is 0 Å². The zero-order valence-electron chi connectivity index (χ0n) is 12.8. The summed E-state index contributed by atoms with van der Waals surface area (Å²) in [5.74, 6) is 0. The molecule has 20 heavy (non-hydrogen) atoms. The number of benzene rings is 1. The van der Waals surface area contributed by atoms with Crippen molar-refractivity contribution in [1.82, 2.24) is 5.32 Å². The molecule has 0 aliphatic rings. The Bertz CT molecular complexity index is 503. The maximum absolute atomic E-state index is 3.77. The molecule has 1 N–H and O–H groups in total. The third-order valence-electron chi connectivity index (χ3n) is 4.39. The molecule has 0 amide bonds. The van der Waals surface area contributed by atoms with E-state index in [1.807, 2.05) is 11.3 Å². The van der Waals surface area contributed by atoms with Crippen molar-refractivity contribution in [2.24, 2.45) is 0 Å². The van der Waals surface area contributed by atoms with Crippen molar-refractivity contribution in [2.75, 3.05) is 0 Å². The van der Waals surface area contributed by atoms with Crippen molar-refractivity contribution in [1.29, 1.82) is 0 Å². The molecule has 0 saturated heterocycles. The lowest BCUT2D eigenvalue weighted by atomic mass is 9.90. The standard InChI is InChI=1S/C18H25NS/c1-4-18(5-2,6-3)19-14-16-12-13-17(20-16)15-10-8-7-9-11-15/h7-13,19H,4-6,14H2,1-3H3. The molecule has 1 nitrogen and oxygen atoms in total. The summed E-state index contributed by atoms with van der Waals surface area (Å²) in [7, 11) is 0. The molecule has 0 aliphatic heterocycles. The Balaban J connectivity index is 2.03. The van der Waals surface area contributed by atoms with Gasteiger partial charge in [-0.25, -0.2) is 0 Å². The van der Waals surface area contributed by atoms with Crippen LogP contribution in [0.4, 0.5) is 0 Å².